The van der Waals surface area contributed by atoms with Gasteiger partial charge in [0.1, 0.15) is 17.0 Å². The van der Waals surface area contributed by atoms with E-state index in [2.05, 4.69) is 11.4 Å². The Labute approximate surface area is 118 Å². The Balaban J connectivity index is 2.17. The summed E-state index contributed by atoms with van der Waals surface area (Å²) in [5.74, 6) is -0.0916. The zero-order valence-corrected chi connectivity index (χ0v) is 11.5. The van der Waals surface area contributed by atoms with Crippen molar-refractivity contribution < 1.29 is 14.6 Å². The third kappa shape index (κ3) is 2.85. The van der Waals surface area contributed by atoms with Gasteiger partial charge in [-0.2, -0.15) is 5.26 Å². The maximum atomic E-state index is 12.2. The van der Waals surface area contributed by atoms with Gasteiger partial charge in [0.25, 0.3) is 5.91 Å². The topological polar surface area (TPSA) is 82.3 Å². The third-order valence-corrected chi connectivity index (χ3v) is 3.72. The van der Waals surface area contributed by atoms with Crippen LogP contribution in [0.2, 0.25) is 0 Å². The van der Waals surface area contributed by atoms with Crippen molar-refractivity contribution in [2.45, 2.75) is 37.6 Å². The number of aromatic hydroxyl groups is 1. The fourth-order valence-electron chi connectivity index (χ4n) is 2.54. The summed E-state index contributed by atoms with van der Waals surface area (Å²) in [6.45, 7) is 0. The molecule has 0 atom stereocenters. The maximum absolute atomic E-state index is 12.2. The minimum atomic E-state index is -0.804. The highest BCUT2D eigenvalue weighted by molar-refractivity contribution is 5.97. The summed E-state index contributed by atoms with van der Waals surface area (Å²) in [5, 5.41) is 22.0. The molecule has 106 valence electrons. The van der Waals surface area contributed by atoms with Crippen LogP contribution in [0.25, 0.3) is 0 Å². The van der Waals surface area contributed by atoms with E-state index < -0.39 is 11.4 Å². The molecule has 1 aromatic carbocycles. The molecule has 0 heterocycles. The summed E-state index contributed by atoms with van der Waals surface area (Å²) >= 11 is 0. The Morgan fingerprint density at radius 3 is 2.65 bits per heavy atom. The number of ether oxygens (including phenoxy) is 1. The van der Waals surface area contributed by atoms with Gasteiger partial charge in [0.05, 0.1) is 18.7 Å². The van der Waals surface area contributed by atoms with Crippen molar-refractivity contribution in [1.82, 2.24) is 5.32 Å². The maximum Gasteiger partial charge on any atom is 0.256 e. The lowest BCUT2D eigenvalue weighted by atomic mass is 9.82. The van der Waals surface area contributed by atoms with E-state index in [0.717, 1.165) is 19.3 Å². The lowest BCUT2D eigenvalue weighted by molar-refractivity contribution is 0.0900. The van der Waals surface area contributed by atoms with Crippen LogP contribution in [0.5, 0.6) is 11.5 Å². The summed E-state index contributed by atoms with van der Waals surface area (Å²) in [6.07, 6.45) is 4.27. The number of hydrogen-bond acceptors (Lipinski definition) is 4. The van der Waals surface area contributed by atoms with Crippen LogP contribution in [0.1, 0.15) is 42.5 Å². The number of carbonyl (C=O) groups excluding carboxylic acids is 1. The van der Waals surface area contributed by atoms with Crippen molar-refractivity contribution in [3.05, 3.63) is 23.8 Å². The van der Waals surface area contributed by atoms with Crippen molar-refractivity contribution in [3.63, 3.8) is 0 Å². The zero-order chi connectivity index (χ0) is 14.6. The molecule has 0 bridgehead atoms. The highest BCUT2D eigenvalue weighted by Crippen LogP contribution is 2.29. The second-order valence-electron chi connectivity index (χ2n) is 5.09. The normalized spacial score (nSPS) is 17.0. The van der Waals surface area contributed by atoms with Gasteiger partial charge in [-0.15, -0.1) is 0 Å². The number of methoxy groups -OCH3 is 1. The summed E-state index contributed by atoms with van der Waals surface area (Å²) in [4.78, 5) is 12.2. The molecule has 0 saturated heterocycles. The molecule has 2 N–H and O–H groups in total. The highest BCUT2D eigenvalue weighted by atomic mass is 16.5. The number of nitrogens with zero attached hydrogens (tertiary/aromatic N) is 1. The van der Waals surface area contributed by atoms with Gasteiger partial charge in [-0.3, -0.25) is 4.79 Å². The van der Waals surface area contributed by atoms with E-state index in [1.165, 1.54) is 19.2 Å². The summed E-state index contributed by atoms with van der Waals surface area (Å²) < 4.78 is 4.98. The number of phenols is 1. The van der Waals surface area contributed by atoms with Crippen LogP contribution in [0, 0.1) is 11.3 Å². The van der Waals surface area contributed by atoms with E-state index in [-0.39, 0.29) is 11.3 Å². The van der Waals surface area contributed by atoms with Gasteiger partial charge in [-0.1, -0.05) is 19.3 Å². The number of hydrogen-bond donors (Lipinski definition) is 2. The number of nitrogens with one attached hydrogen (secondary N) is 1. The molecule has 2 rings (SSSR count). The van der Waals surface area contributed by atoms with Crippen LogP contribution in [0.15, 0.2) is 18.2 Å². The zero-order valence-electron chi connectivity index (χ0n) is 11.5. The van der Waals surface area contributed by atoms with Crippen molar-refractivity contribution in [3.8, 4) is 17.6 Å². The predicted octanol–water partition coefficient (Wildman–Crippen LogP) is 2.36. The SMILES string of the molecule is COc1ccc(C(=O)NC2(C#N)CCCCC2)c(O)c1. The molecule has 1 aromatic rings. The molecule has 0 aliphatic heterocycles. The molecule has 20 heavy (non-hydrogen) atoms. The molecule has 1 aliphatic rings. The number of benzene rings is 1. The highest BCUT2D eigenvalue weighted by Gasteiger charge is 2.34. The van der Waals surface area contributed by atoms with Crippen LogP contribution < -0.4 is 10.1 Å². The molecule has 0 spiro atoms. The first-order chi connectivity index (χ1) is 9.60. The Bertz CT molecular complexity index is 543. The van der Waals surface area contributed by atoms with E-state index in [4.69, 9.17) is 4.74 Å². The smallest absolute Gasteiger partial charge is 0.256 e. The molecule has 1 aliphatic carbocycles. The molecular weight excluding hydrogens is 256 g/mol. The fraction of sp³-hybridized carbons (Fsp3) is 0.467. The monoisotopic (exact) mass is 274 g/mol. The van der Waals surface area contributed by atoms with E-state index in [1.54, 1.807) is 6.07 Å². The molecule has 0 radical (unpaired) electrons. The summed E-state index contributed by atoms with van der Waals surface area (Å²) in [6, 6.07) is 6.71. The van der Waals surface area contributed by atoms with Gasteiger partial charge in [-0.05, 0) is 25.0 Å². The molecule has 5 nitrogen and oxygen atoms in total. The second kappa shape index (κ2) is 5.83. The quantitative estimate of drug-likeness (QED) is 0.886. The summed E-state index contributed by atoms with van der Waals surface area (Å²) in [7, 11) is 1.49. The second-order valence-corrected chi connectivity index (χ2v) is 5.09. The van der Waals surface area contributed by atoms with Crippen LogP contribution >= 0.6 is 0 Å². The fourth-order valence-corrected chi connectivity index (χ4v) is 2.54. The Morgan fingerprint density at radius 1 is 1.40 bits per heavy atom. The molecule has 0 aromatic heterocycles. The molecular formula is C15H18N2O3. The average Bonchev–Trinajstić information content (AvgIpc) is 2.47. The first-order valence-corrected chi connectivity index (χ1v) is 6.71. The molecule has 5 heteroatoms. The van der Waals surface area contributed by atoms with Gasteiger partial charge in [0, 0.05) is 6.07 Å². The Kier molecular flexibility index (Phi) is 4.14. The van der Waals surface area contributed by atoms with Crippen molar-refractivity contribution in [2.24, 2.45) is 0 Å². The van der Waals surface area contributed by atoms with Crippen molar-refractivity contribution in [2.75, 3.05) is 7.11 Å². The van der Waals surface area contributed by atoms with E-state index in [1.807, 2.05) is 0 Å². The van der Waals surface area contributed by atoms with E-state index >= 15 is 0 Å². The molecule has 1 saturated carbocycles. The van der Waals surface area contributed by atoms with Crippen LogP contribution in [-0.2, 0) is 0 Å². The van der Waals surface area contributed by atoms with Gasteiger partial charge < -0.3 is 15.2 Å². The first kappa shape index (κ1) is 14.2. The number of rotatable bonds is 3. The average molecular weight is 274 g/mol. The van der Waals surface area contributed by atoms with Gasteiger partial charge >= 0.3 is 0 Å². The minimum absolute atomic E-state index is 0.147. The van der Waals surface area contributed by atoms with E-state index in [0.29, 0.717) is 18.6 Å². The first-order valence-electron chi connectivity index (χ1n) is 6.71. The number of amides is 1. The predicted molar refractivity (Wildman–Crippen MR) is 73.6 cm³/mol. The number of carbonyl (C=O) groups is 1. The number of phenolic OH excluding ortho intramolecular Hbond substituents is 1. The third-order valence-electron chi connectivity index (χ3n) is 3.72. The van der Waals surface area contributed by atoms with Gasteiger partial charge in [0.2, 0.25) is 0 Å². The Hall–Kier alpha value is -2.22. The van der Waals surface area contributed by atoms with Crippen LogP contribution in [0.4, 0.5) is 0 Å². The summed E-state index contributed by atoms with van der Waals surface area (Å²) in [5.41, 5.74) is -0.646. The minimum Gasteiger partial charge on any atom is -0.507 e. The lowest BCUT2D eigenvalue weighted by Crippen LogP contribution is -2.48. The van der Waals surface area contributed by atoms with Crippen molar-refractivity contribution >= 4 is 5.91 Å². The standard InChI is InChI=1S/C15H18N2O3/c1-20-11-5-6-12(13(18)9-11)14(19)17-15(10-16)7-3-2-4-8-15/h5-6,9,18H,2-4,7-8H2,1H3,(H,17,19). The van der Waals surface area contributed by atoms with E-state index in [9.17, 15) is 15.2 Å². The van der Waals surface area contributed by atoms with Crippen LogP contribution in [0.3, 0.4) is 0 Å². The molecule has 1 amide bonds. The van der Waals surface area contributed by atoms with Crippen molar-refractivity contribution in [1.29, 1.82) is 5.26 Å². The van der Waals surface area contributed by atoms with Gasteiger partial charge in [0.15, 0.2) is 0 Å². The molecule has 0 unspecified atom stereocenters. The largest absolute Gasteiger partial charge is 0.507 e. The van der Waals surface area contributed by atoms with Gasteiger partial charge in [-0.25, -0.2) is 0 Å². The Morgan fingerprint density at radius 2 is 2.10 bits per heavy atom. The number of nitriles is 1. The molecule has 1 fully saturated rings. The van der Waals surface area contributed by atoms with Crippen LogP contribution in [-0.4, -0.2) is 23.7 Å². The lowest BCUT2D eigenvalue weighted by Gasteiger charge is -2.31.